The molecule has 0 saturated heterocycles. The molecule has 6 heteroatoms. The van der Waals surface area contributed by atoms with Crippen molar-refractivity contribution in [3.05, 3.63) is 109 Å². The SMILES string of the molecule is CC/C=C\C/C=C\C/C=C\C/C=C\C/C=C\C/C=C\C/C=C\CCCCCCCCCCCCCCCC(=O)OCC(COC(=O)CCCCCCC/C=C\CCCCCC)OC(=O)CCCCCCC/C=C\CCCCCC. The molecule has 0 rings (SSSR count). The summed E-state index contributed by atoms with van der Waals surface area (Å²) in [6, 6.07) is 0. The normalized spacial score (nSPS) is 12.8. The third-order valence-electron chi connectivity index (χ3n) is 14.2. The third-order valence-corrected chi connectivity index (χ3v) is 14.2. The predicted octanol–water partition coefficient (Wildman–Crippen LogP) is 23.0. The molecule has 79 heavy (non-hydrogen) atoms. The number of hydrogen-bond acceptors (Lipinski definition) is 6. The maximum atomic E-state index is 12.9. The quantitative estimate of drug-likeness (QED) is 0.0261. The summed E-state index contributed by atoms with van der Waals surface area (Å²) in [4.78, 5) is 38.2. The Balaban J connectivity index is 4.15. The fraction of sp³-hybridized carbons (Fsp3) is 0.712. The average molecular weight is 1100 g/mol. The Kier molecular flexibility index (Phi) is 63.3. The molecule has 0 saturated carbocycles. The standard InChI is InChI=1S/C73H124O6/c1-4-7-10-13-16-19-22-25-26-27-28-29-30-31-32-33-34-35-36-37-38-39-40-41-42-43-44-45-46-49-51-54-57-60-63-66-72(75)78-69-70(79-73(76)67-64-61-58-55-52-48-24-21-18-15-12-9-6-3)68-77-71(74)65-62-59-56-53-50-47-23-20-17-14-11-8-5-2/h7,10,16,19-21,23-26,28-29,31-32,34-35,37-38,70H,4-6,8-9,11-15,17-18,22,27,30,33,36,39-69H2,1-3H3/b10-7-,19-16-,23-20-,24-21-,26-25-,29-28-,32-31-,35-34-,38-37-. The van der Waals surface area contributed by atoms with E-state index in [1.807, 2.05) is 0 Å². The van der Waals surface area contributed by atoms with Gasteiger partial charge in [-0.25, -0.2) is 0 Å². The number of allylic oxidation sites excluding steroid dienone is 18. The summed E-state index contributed by atoms with van der Waals surface area (Å²) in [6.45, 7) is 6.50. The zero-order valence-corrected chi connectivity index (χ0v) is 51.9. The van der Waals surface area contributed by atoms with Crippen molar-refractivity contribution in [3.63, 3.8) is 0 Å². The fourth-order valence-corrected chi connectivity index (χ4v) is 9.24. The van der Waals surface area contributed by atoms with Gasteiger partial charge >= 0.3 is 17.9 Å². The van der Waals surface area contributed by atoms with E-state index in [-0.39, 0.29) is 31.1 Å². The van der Waals surface area contributed by atoms with E-state index in [0.717, 1.165) is 122 Å². The molecule has 0 amide bonds. The van der Waals surface area contributed by atoms with E-state index in [1.54, 1.807) is 0 Å². The molecule has 0 aliphatic rings. The van der Waals surface area contributed by atoms with Crippen molar-refractivity contribution in [2.24, 2.45) is 0 Å². The summed E-state index contributed by atoms with van der Waals surface area (Å²) in [5.41, 5.74) is 0. The van der Waals surface area contributed by atoms with E-state index in [0.29, 0.717) is 19.3 Å². The van der Waals surface area contributed by atoms with Gasteiger partial charge in [0.05, 0.1) is 0 Å². The molecule has 452 valence electrons. The Morgan fingerprint density at radius 1 is 0.266 bits per heavy atom. The van der Waals surface area contributed by atoms with Crippen LogP contribution in [0.25, 0.3) is 0 Å². The monoisotopic (exact) mass is 1100 g/mol. The maximum absolute atomic E-state index is 12.9. The predicted molar refractivity (Wildman–Crippen MR) is 343 cm³/mol. The lowest BCUT2D eigenvalue weighted by Gasteiger charge is -2.18. The molecule has 0 fully saturated rings. The van der Waals surface area contributed by atoms with Crippen LogP contribution in [0.5, 0.6) is 0 Å². The minimum Gasteiger partial charge on any atom is -0.462 e. The lowest BCUT2D eigenvalue weighted by atomic mass is 10.0. The van der Waals surface area contributed by atoms with Crippen molar-refractivity contribution in [1.29, 1.82) is 0 Å². The number of carbonyl (C=O) groups excluding carboxylic acids is 3. The molecule has 0 N–H and O–H groups in total. The van der Waals surface area contributed by atoms with Crippen LogP contribution in [0.3, 0.4) is 0 Å². The van der Waals surface area contributed by atoms with Gasteiger partial charge in [0.25, 0.3) is 0 Å². The molecule has 0 aromatic heterocycles. The van der Waals surface area contributed by atoms with Crippen molar-refractivity contribution < 1.29 is 28.6 Å². The van der Waals surface area contributed by atoms with Gasteiger partial charge < -0.3 is 14.2 Å². The summed E-state index contributed by atoms with van der Waals surface area (Å²) in [7, 11) is 0. The third kappa shape index (κ3) is 64.8. The first-order valence-electron chi connectivity index (χ1n) is 33.4. The highest BCUT2D eigenvalue weighted by Gasteiger charge is 2.19. The van der Waals surface area contributed by atoms with Crippen LogP contribution >= 0.6 is 0 Å². The van der Waals surface area contributed by atoms with Gasteiger partial charge in [-0.05, 0) is 128 Å². The van der Waals surface area contributed by atoms with Crippen LogP contribution < -0.4 is 0 Å². The molecule has 0 aliphatic heterocycles. The zero-order chi connectivity index (χ0) is 57.1. The first-order chi connectivity index (χ1) is 39.0. The summed E-state index contributed by atoms with van der Waals surface area (Å²) >= 11 is 0. The Hall–Kier alpha value is -3.93. The largest absolute Gasteiger partial charge is 0.462 e. The molecule has 1 unspecified atom stereocenters. The number of ether oxygens (including phenoxy) is 3. The van der Waals surface area contributed by atoms with Crippen LogP contribution in [-0.2, 0) is 28.6 Å². The zero-order valence-electron chi connectivity index (χ0n) is 51.9. The molecular formula is C73H124O6. The summed E-state index contributed by atoms with van der Waals surface area (Å²) in [5, 5.41) is 0. The lowest BCUT2D eigenvalue weighted by Crippen LogP contribution is -2.30. The summed E-state index contributed by atoms with van der Waals surface area (Å²) in [6.07, 6.45) is 91.1. The van der Waals surface area contributed by atoms with E-state index in [9.17, 15) is 14.4 Å². The van der Waals surface area contributed by atoms with E-state index in [4.69, 9.17) is 14.2 Å². The van der Waals surface area contributed by atoms with Crippen molar-refractivity contribution in [2.45, 2.75) is 322 Å². The molecule has 0 heterocycles. The molecule has 0 aromatic rings. The number of hydrogen-bond donors (Lipinski definition) is 0. The van der Waals surface area contributed by atoms with Crippen LogP contribution in [0.2, 0.25) is 0 Å². The van der Waals surface area contributed by atoms with Crippen LogP contribution in [0.4, 0.5) is 0 Å². The van der Waals surface area contributed by atoms with E-state index in [1.165, 1.54) is 154 Å². The summed E-state index contributed by atoms with van der Waals surface area (Å²) in [5.74, 6) is -0.893. The van der Waals surface area contributed by atoms with Crippen LogP contribution in [-0.4, -0.2) is 37.2 Å². The molecule has 0 aliphatic carbocycles. The van der Waals surface area contributed by atoms with E-state index < -0.39 is 6.10 Å². The molecule has 0 radical (unpaired) electrons. The first-order valence-corrected chi connectivity index (χ1v) is 33.4. The highest BCUT2D eigenvalue weighted by Crippen LogP contribution is 2.16. The number of rotatable bonds is 60. The van der Waals surface area contributed by atoms with Crippen molar-refractivity contribution in [2.75, 3.05) is 13.2 Å². The van der Waals surface area contributed by atoms with Crippen LogP contribution in [0.1, 0.15) is 316 Å². The van der Waals surface area contributed by atoms with Crippen molar-refractivity contribution in [1.82, 2.24) is 0 Å². The second-order valence-electron chi connectivity index (χ2n) is 22.0. The minimum absolute atomic E-state index is 0.0825. The Bertz CT molecular complexity index is 1590. The van der Waals surface area contributed by atoms with Gasteiger partial charge in [-0.1, -0.05) is 278 Å². The topological polar surface area (TPSA) is 78.9 Å². The lowest BCUT2D eigenvalue weighted by molar-refractivity contribution is -0.167. The molecular weight excluding hydrogens is 973 g/mol. The Morgan fingerprint density at radius 2 is 0.494 bits per heavy atom. The first kappa shape index (κ1) is 75.1. The van der Waals surface area contributed by atoms with Crippen LogP contribution in [0.15, 0.2) is 109 Å². The van der Waals surface area contributed by atoms with Gasteiger partial charge in [-0.3, -0.25) is 14.4 Å². The second kappa shape index (κ2) is 66.6. The molecule has 0 spiro atoms. The van der Waals surface area contributed by atoms with Gasteiger partial charge in [0.2, 0.25) is 0 Å². The minimum atomic E-state index is -0.785. The van der Waals surface area contributed by atoms with Crippen molar-refractivity contribution in [3.8, 4) is 0 Å². The highest BCUT2D eigenvalue weighted by molar-refractivity contribution is 5.71. The maximum Gasteiger partial charge on any atom is 0.306 e. The molecule has 1 atom stereocenters. The smallest absolute Gasteiger partial charge is 0.306 e. The van der Waals surface area contributed by atoms with Gasteiger partial charge in [-0.15, -0.1) is 0 Å². The number of carbonyl (C=O) groups is 3. The van der Waals surface area contributed by atoms with E-state index >= 15 is 0 Å². The van der Waals surface area contributed by atoms with E-state index in [2.05, 4.69) is 130 Å². The van der Waals surface area contributed by atoms with Crippen molar-refractivity contribution >= 4 is 17.9 Å². The second-order valence-corrected chi connectivity index (χ2v) is 22.0. The summed E-state index contributed by atoms with van der Waals surface area (Å²) < 4.78 is 16.9. The Labute approximate surface area is 489 Å². The van der Waals surface area contributed by atoms with Crippen LogP contribution in [0, 0.1) is 0 Å². The molecule has 0 aromatic carbocycles. The fourth-order valence-electron chi connectivity index (χ4n) is 9.24. The number of unbranched alkanes of at least 4 members (excludes halogenated alkanes) is 31. The van der Waals surface area contributed by atoms with Gasteiger partial charge in [0.15, 0.2) is 6.10 Å². The highest BCUT2D eigenvalue weighted by atomic mass is 16.6. The number of esters is 3. The molecule has 6 nitrogen and oxygen atoms in total. The average Bonchev–Trinajstić information content (AvgIpc) is 3.45. The van der Waals surface area contributed by atoms with Gasteiger partial charge in [-0.2, -0.15) is 0 Å². The van der Waals surface area contributed by atoms with Gasteiger partial charge in [0.1, 0.15) is 13.2 Å². The van der Waals surface area contributed by atoms with Gasteiger partial charge in [0, 0.05) is 19.3 Å². The molecule has 0 bridgehead atoms. The Morgan fingerprint density at radius 3 is 0.785 bits per heavy atom.